The Kier molecular flexibility index (Phi) is 13.1. The summed E-state index contributed by atoms with van der Waals surface area (Å²) >= 11 is 0. The van der Waals surface area contributed by atoms with E-state index in [1.807, 2.05) is 9.80 Å². The average molecular weight is 413 g/mol. The SMILES string of the molecule is C.O=C(O)CN1CCCN2CCN(CCCN(CC(=O)O)CC2)CC1.[Mn]. The Morgan fingerprint density at radius 2 is 0.962 bits per heavy atom. The second-order valence-corrected chi connectivity index (χ2v) is 6.73. The van der Waals surface area contributed by atoms with Gasteiger partial charge in [0.2, 0.25) is 0 Å². The van der Waals surface area contributed by atoms with Crippen LogP contribution in [-0.2, 0) is 26.7 Å². The molecule has 0 saturated carbocycles. The Balaban J connectivity index is 0.00000312. The normalized spacial score (nSPS) is 26.2. The van der Waals surface area contributed by atoms with Crippen molar-refractivity contribution in [2.45, 2.75) is 20.3 Å². The molecule has 0 spiro atoms. The first kappa shape index (κ1) is 25.3. The van der Waals surface area contributed by atoms with Crippen molar-refractivity contribution in [3.63, 3.8) is 0 Å². The fourth-order valence-electron chi connectivity index (χ4n) is 3.48. The first-order chi connectivity index (χ1) is 11.5. The van der Waals surface area contributed by atoms with Crippen LogP contribution in [0, 0.1) is 0 Å². The van der Waals surface area contributed by atoms with Crippen LogP contribution in [0.1, 0.15) is 20.3 Å². The van der Waals surface area contributed by atoms with Gasteiger partial charge in [0.1, 0.15) is 0 Å². The molecule has 2 bridgehead atoms. The Morgan fingerprint density at radius 3 is 1.31 bits per heavy atom. The molecular formula is C17H34MnN4O4. The van der Waals surface area contributed by atoms with Crippen LogP contribution in [0.4, 0.5) is 0 Å². The molecule has 2 aliphatic rings. The molecule has 2 unspecified atom stereocenters. The fraction of sp³-hybridized carbons (Fsp3) is 0.882. The van der Waals surface area contributed by atoms with E-state index in [-0.39, 0.29) is 37.6 Å². The molecule has 2 saturated heterocycles. The number of fused-ring (bicyclic) bond motifs is 3. The van der Waals surface area contributed by atoms with E-state index in [1.165, 1.54) is 0 Å². The molecule has 2 atom stereocenters. The second-order valence-electron chi connectivity index (χ2n) is 6.73. The zero-order valence-electron chi connectivity index (χ0n) is 14.8. The Labute approximate surface area is 167 Å². The number of carboxylic acids is 2. The monoisotopic (exact) mass is 413 g/mol. The van der Waals surface area contributed by atoms with E-state index in [4.69, 9.17) is 10.2 Å². The van der Waals surface area contributed by atoms with Gasteiger partial charge in [-0.25, -0.2) is 0 Å². The summed E-state index contributed by atoms with van der Waals surface area (Å²) < 4.78 is 0. The van der Waals surface area contributed by atoms with Crippen LogP contribution in [-0.4, -0.2) is 120 Å². The van der Waals surface area contributed by atoms with Crippen LogP contribution in [0.3, 0.4) is 0 Å². The molecule has 153 valence electrons. The van der Waals surface area contributed by atoms with Crippen molar-refractivity contribution in [3.8, 4) is 0 Å². The number of carbonyl (C=O) groups is 2. The van der Waals surface area contributed by atoms with Gasteiger partial charge in [-0.05, 0) is 25.9 Å². The van der Waals surface area contributed by atoms with E-state index in [2.05, 4.69) is 9.80 Å². The van der Waals surface area contributed by atoms with Gasteiger partial charge in [-0.2, -0.15) is 0 Å². The standard InChI is InChI=1S/C16H30N4O4.CH4.Mn/c21-15(22)13-19-5-1-3-17-7-8-18(10-11-19)4-2-6-20(12-9-17)14-16(23)24;;/h1-14H2,(H,21,22)(H,23,24);1H4;. The van der Waals surface area contributed by atoms with Gasteiger partial charge in [0, 0.05) is 69.4 Å². The third kappa shape index (κ3) is 9.85. The predicted octanol–water partition coefficient (Wildman–Crippen LogP) is -0.195. The maximum atomic E-state index is 11.0. The number of nitrogens with zero attached hydrogens (tertiary/aromatic N) is 4. The van der Waals surface area contributed by atoms with Gasteiger partial charge in [0.05, 0.1) is 13.1 Å². The maximum Gasteiger partial charge on any atom is 0.317 e. The number of hydrogen-bond donors (Lipinski definition) is 2. The van der Waals surface area contributed by atoms with Gasteiger partial charge in [-0.15, -0.1) is 0 Å². The van der Waals surface area contributed by atoms with E-state index in [9.17, 15) is 9.59 Å². The fourth-order valence-corrected chi connectivity index (χ4v) is 3.48. The summed E-state index contributed by atoms with van der Waals surface area (Å²) in [5.41, 5.74) is 0. The zero-order valence-corrected chi connectivity index (χ0v) is 16.0. The summed E-state index contributed by atoms with van der Waals surface area (Å²) in [7, 11) is 0. The van der Waals surface area contributed by atoms with Gasteiger partial charge in [0.15, 0.2) is 0 Å². The first-order valence-electron chi connectivity index (χ1n) is 8.86. The molecule has 1 radical (unpaired) electrons. The van der Waals surface area contributed by atoms with Crippen LogP contribution >= 0.6 is 0 Å². The molecule has 2 N–H and O–H groups in total. The number of rotatable bonds is 4. The summed E-state index contributed by atoms with van der Waals surface area (Å²) in [6.07, 6.45) is 1.90. The van der Waals surface area contributed by atoms with Gasteiger partial charge in [-0.1, -0.05) is 7.43 Å². The third-order valence-electron chi connectivity index (χ3n) is 4.81. The van der Waals surface area contributed by atoms with Gasteiger partial charge in [0.25, 0.3) is 0 Å². The van der Waals surface area contributed by atoms with E-state index in [0.717, 1.165) is 78.3 Å². The largest absolute Gasteiger partial charge is 0.480 e. The minimum atomic E-state index is -0.763. The number of hydrogen-bond acceptors (Lipinski definition) is 6. The van der Waals surface area contributed by atoms with Crippen LogP contribution in [0.2, 0.25) is 0 Å². The van der Waals surface area contributed by atoms with Crippen molar-refractivity contribution < 1.29 is 36.9 Å². The molecule has 0 aliphatic carbocycles. The molecule has 26 heavy (non-hydrogen) atoms. The summed E-state index contributed by atoms with van der Waals surface area (Å²) in [6, 6.07) is 0. The van der Waals surface area contributed by atoms with Gasteiger partial charge < -0.3 is 20.0 Å². The Morgan fingerprint density at radius 1 is 0.615 bits per heavy atom. The molecule has 0 aromatic carbocycles. The van der Waals surface area contributed by atoms with E-state index in [0.29, 0.717) is 0 Å². The summed E-state index contributed by atoms with van der Waals surface area (Å²) in [5.74, 6) is -1.53. The van der Waals surface area contributed by atoms with Gasteiger partial charge >= 0.3 is 11.9 Å². The minimum absolute atomic E-state index is 0. The summed E-state index contributed by atoms with van der Waals surface area (Å²) in [4.78, 5) is 30.8. The van der Waals surface area contributed by atoms with Crippen LogP contribution in [0.15, 0.2) is 0 Å². The molecule has 2 rings (SSSR count). The molecule has 0 aromatic rings. The van der Waals surface area contributed by atoms with Crippen LogP contribution in [0.25, 0.3) is 0 Å². The summed E-state index contributed by atoms with van der Waals surface area (Å²) in [5, 5.41) is 18.1. The van der Waals surface area contributed by atoms with Crippen molar-refractivity contribution in [3.05, 3.63) is 0 Å². The molecule has 2 fully saturated rings. The Hall–Kier alpha value is -0.701. The molecule has 0 aromatic heterocycles. The predicted molar refractivity (Wildman–Crippen MR) is 97.0 cm³/mol. The van der Waals surface area contributed by atoms with E-state index >= 15 is 0 Å². The van der Waals surface area contributed by atoms with Crippen molar-refractivity contribution in [1.29, 1.82) is 0 Å². The molecule has 0 amide bonds. The van der Waals surface area contributed by atoms with E-state index < -0.39 is 11.9 Å². The number of aliphatic carboxylic acids is 2. The Bertz CT molecular complexity index is 390. The van der Waals surface area contributed by atoms with Crippen LogP contribution in [0.5, 0.6) is 0 Å². The molecule has 2 aliphatic heterocycles. The summed E-state index contributed by atoms with van der Waals surface area (Å²) in [6.45, 7) is 9.01. The van der Waals surface area contributed by atoms with Gasteiger partial charge in [-0.3, -0.25) is 19.4 Å². The van der Waals surface area contributed by atoms with Crippen molar-refractivity contribution >= 4 is 11.9 Å². The quantitative estimate of drug-likeness (QED) is 0.613. The van der Waals surface area contributed by atoms with Crippen LogP contribution < -0.4 is 0 Å². The first-order valence-corrected chi connectivity index (χ1v) is 8.86. The molecular weight excluding hydrogens is 379 g/mol. The van der Waals surface area contributed by atoms with Crippen molar-refractivity contribution in [2.75, 3.05) is 78.5 Å². The van der Waals surface area contributed by atoms with Crippen molar-refractivity contribution in [1.82, 2.24) is 19.6 Å². The van der Waals surface area contributed by atoms with Crippen molar-refractivity contribution in [2.24, 2.45) is 0 Å². The second kappa shape index (κ2) is 13.5. The molecule has 8 nitrogen and oxygen atoms in total. The topological polar surface area (TPSA) is 87.6 Å². The smallest absolute Gasteiger partial charge is 0.317 e. The minimum Gasteiger partial charge on any atom is -0.480 e. The van der Waals surface area contributed by atoms with E-state index in [1.54, 1.807) is 0 Å². The number of carboxylic acid groups (broad SMARTS) is 2. The zero-order chi connectivity index (χ0) is 17.4. The third-order valence-corrected chi connectivity index (χ3v) is 4.81. The molecule has 2 heterocycles. The average Bonchev–Trinajstić information content (AvgIpc) is 2.51. The molecule has 9 heteroatoms. The maximum absolute atomic E-state index is 11.0.